The lowest BCUT2D eigenvalue weighted by Crippen LogP contribution is -2.27. The second-order valence-corrected chi connectivity index (χ2v) is 6.82. The number of hydrogen-bond donors (Lipinski definition) is 1. The van der Waals surface area contributed by atoms with Crippen molar-refractivity contribution in [2.24, 2.45) is 0 Å². The monoisotopic (exact) mass is 321 g/mol. The molecule has 0 atom stereocenters. The number of ether oxygens (including phenoxy) is 1. The van der Waals surface area contributed by atoms with E-state index < -0.39 is 5.41 Å². The molecule has 0 bridgehead atoms. The number of carbonyl (C=O) groups is 1. The van der Waals surface area contributed by atoms with Crippen LogP contribution >= 0.6 is 11.8 Å². The molecule has 0 spiro atoms. The molecule has 5 nitrogen and oxygen atoms in total. The van der Waals surface area contributed by atoms with Gasteiger partial charge in [0.1, 0.15) is 5.82 Å². The predicted molar refractivity (Wildman–Crippen MR) is 87.2 cm³/mol. The third-order valence-electron chi connectivity index (χ3n) is 4.58. The van der Waals surface area contributed by atoms with Gasteiger partial charge in [-0.3, -0.25) is 4.79 Å². The number of nitrogens with zero attached hydrogens (tertiary/aromatic N) is 2. The lowest BCUT2D eigenvalue weighted by molar-refractivity contribution is -0.146. The second-order valence-electron chi connectivity index (χ2n) is 6.05. The van der Waals surface area contributed by atoms with Gasteiger partial charge < -0.3 is 10.1 Å². The Morgan fingerprint density at radius 3 is 2.77 bits per heavy atom. The van der Waals surface area contributed by atoms with Gasteiger partial charge in [-0.15, -0.1) is 0 Å². The maximum absolute atomic E-state index is 12.4. The van der Waals surface area contributed by atoms with Crippen molar-refractivity contribution in [3.63, 3.8) is 0 Å². The smallest absolute Gasteiger partial charge is 0.316 e. The Kier molecular flexibility index (Phi) is 4.57. The first-order valence-electron chi connectivity index (χ1n) is 8.05. The summed E-state index contributed by atoms with van der Waals surface area (Å²) in [4.78, 5) is 21.4. The first-order chi connectivity index (χ1) is 10.7. The molecule has 22 heavy (non-hydrogen) atoms. The van der Waals surface area contributed by atoms with E-state index in [4.69, 9.17) is 4.74 Å². The van der Waals surface area contributed by atoms with Crippen molar-refractivity contribution in [1.82, 2.24) is 9.97 Å². The summed E-state index contributed by atoms with van der Waals surface area (Å²) in [5.74, 6) is 0.696. The molecule has 6 heteroatoms. The Morgan fingerprint density at radius 1 is 1.45 bits per heavy atom. The molecule has 0 amide bonds. The van der Waals surface area contributed by atoms with Crippen LogP contribution < -0.4 is 5.32 Å². The molecule has 0 unspecified atom stereocenters. The van der Waals surface area contributed by atoms with E-state index >= 15 is 0 Å². The Hall–Kier alpha value is -1.30. The minimum atomic E-state index is -0.520. The van der Waals surface area contributed by atoms with Crippen molar-refractivity contribution < 1.29 is 9.53 Å². The van der Waals surface area contributed by atoms with E-state index in [1.807, 2.05) is 19.4 Å². The second kappa shape index (κ2) is 6.44. The normalized spacial score (nSPS) is 19.9. The van der Waals surface area contributed by atoms with Crippen LogP contribution in [-0.4, -0.2) is 34.8 Å². The first kappa shape index (κ1) is 15.6. The number of esters is 1. The molecule has 3 rings (SSSR count). The summed E-state index contributed by atoms with van der Waals surface area (Å²) in [5.41, 5.74) is 0.393. The van der Waals surface area contributed by atoms with Crippen LogP contribution in [0.3, 0.4) is 0 Å². The number of rotatable bonds is 6. The minimum Gasteiger partial charge on any atom is -0.465 e. The van der Waals surface area contributed by atoms with Crippen molar-refractivity contribution in [3.05, 3.63) is 11.8 Å². The molecule has 0 saturated heterocycles. The number of thioether (sulfide) groups is 1. The SMILES string of the molecule is CCOC(=O)C1(c2cnc(SC)nc2NC2CCCC2)CC1. The minimum absolute atomic E-state index is 0.134. The number of carbonyl (C=O) groups excluding carboxylic acids is 1. The number of nitrogens with one attached hydrogen (secondary N) is 1. The zero-order valence-corrected chi connectivity index (χ0v) is 14.0. The standard InChI is InChI=1S/C16H23N3O2S/c1-3-21-14(20)16(8-9-16)12-10-17-15(22-2)19-13(12)18-11-6-4-5-7-11/h10-11H,3-9H2,1-2H3,(H,17,18,19). The molecule has 1 aromatic heterocycles. The Morgan fingerprint density at radius 2 is 2.18 bits per heavy atom. The maximum atomic E-state index is 12.4. The average molecular weight is 321 g/mol. The third-order valence-corrected chi connectivity index (χ3v) is 5.14. The van der Waals surface area contributed by atoms with E-state index in [0.717, 1.165) is 29.4 Å². The van der Waals surface area contributed by atoms with Crippen LogP contribution in [0.5, 0.6) is 0 Å². The zero-order valence-electron chi connectivity index (χ0n) is 13.2. The van der Waals surface area contributed by atoms with Gasteiger partial charge in [0.05, 0.1) is 12.0 Å². The summed E-state index contributed by atoms with van der Waals surface area (Å²) >= 11 is 1.52. The highest BCUT2D eigenvalue weighted by molar-refractivity contribution is 7.98. The quantitative estimate of drug-likeness (QED) is 0.493. The molecule has 1 heterocycles. The topological polar surface area (TPSA) is 64.1 Å². The number of aromatic nitrogens is 2. The van der Waals surface area contributed by atoms with Gasteiger partial charge in [-0.1, -0.05) is 24.6 Å². The molecule has 2 aliphatic carbocycles. The molecule has 0 aliphatic heterocycles. The highest BCUT2D eigenvalue weighted by Gasteiger charge is 2.54. The van der Waals surface area contributed by atoms with E-state index in [1.165, 1.54) is 37.4 Å². The molecule has 1 N–H and O–H groups in total. The van der Waals surface area contributed by atoms with Gasteiger partial charge in [-0.25, -0.2) is 9.97 Å². The van der Waals surface area contributed by atoms with Crippen molar-refractivity contribution in [1.29, 1.82) is 0 Å². The van der Waals surface area contributed by atoms with Crippen LogP contribution in [0.2, 0.25) is 0 Å². The van der Waals surface area contributed by atoms with E-state index in [0.29, 0.717) is 12.6 Å². The van der Waals surface area contributed by atoms with E-state index in [9.17, 15) is 4.79 Å². The van der Waals surface area contributed by atoms with Gasteiger partial charge >= 0.3 is 5.97 Å². The van der Waals surface area contributed by atoms with E-state index in [1.54, 1.807) is 0 Å². The molecule has 2 aliphatic rings. The zero-order chi connectivity index (χ0) is 15.6. The largest absolute Gasteiger partial charge is 0.465 e. The van der Waals surface area contributed by atoms with Crippen molar-refractivity contribution in [2.45, 2.75) is 62.1 Å². The first-order valence-corrected chi connectivity index (χ1v) is 9.27. The van der Waals surface area contributed by atoms with Gasteiger partial charge in [0, 0.05) is 17.8 Å². The Balaban J connectivity index is 1.90. The van der Waals surface area contributed by atoms with Gasteiger partial charge in [0.15, 0.2) is 5.16 Å². The van der Waals surface area contributed by atoms with Crippen LogP contribution in [0.25, 0.3) is 0 Å². The molecular weight excluding hydrogens is 298 g/mol. The van der Waals surface area contributed by atoms with Crippen molar-refractivity contribution in [2.75, 3.05) is 18.2 Å². The van der Waals surface area contributed by atoms with Crippen LogP contribution in [0.1, 0.15) is 51.0 Å². The van der Waals surface area contributed by atoms with Gasteiger partial charge in [0.2, 0.25) is 0 Å². The molecule has 0 aromatic carbocycles. The van der Waals surface area contributed by atoms with E-state index in [2.05, 4.69) is 15.3 Å². The van der Waals surface area contributed by atoms with Crippen LogP contribution in [0, 0.1) is 0 Å². The molecule has 120 valence electrons. The highest BCUT2D eigenvalue weighted by Crippen LogP contribution is 2.51. The van der Waals surface area contributed by atoms with Crippen molar-refractivity contribution >= 4 is 23.5 Å². The fourth-order valence-corrected chi connectivity index (χ4v) is 3.51. The van der Waals surface area contributed by atoms with Gasteiger partial charge in [-0.05, 0) is 38.9 Å². The van der Waals surface area contributed by atoms with Crippen LogP contribution in [0.15, 0.2) is 11.4 Å². The lowest BCUT2D eigenvalue weighted by Gasteiger charge is -2.21. The number of anilines is 1. The summed E-state index contributed by atoms with van der Waals surface area (Å²) in [6.07, 6.45) is 10.3. The van der Waals surface area contributed by atoms with Crippen LogP contribution in [-0.2, 0) is 14.9 Å². The molecule has 2 saturated carbocycles. The molecular formula is C16H23N3O2S. The summed E-state index contributed by atoms with van der Waals surface area (Å²) in [6.45, 7) is 2.26. The average Bonchev–Trinajstić information content (AvgIpc) is 3.18. The van der Waals surface area contributed by atoms with Crippen molar-refractivity contribution in [3.8, 4) is 0 Å². The Labute approximate surface area is 135 Å². The van der Waals surface area contributed by atoms with Gasteiger partial charge in [0.25, 0.3) is 0 Å². The highest BCUT2D eigenvalue weighted by atomic mass is 32.2. The fraction of sp³-hybridized carbons (Fsp3) is 0.688. The molecule has 1 aromatic rings. The third kappa shape index (κ3) is 2.93. The van der Waals surface area contributed by atoms with Crippen LogP contribution in [0.4, 0.5) is 5.82 Å². The molecule has 2 fully saturated rings. The summed E-state index contributed by atoms with van der Waals surface area (Å²) in [7, 11) is 0. The van der Waals surface area contributed by atoms with E-state index in [-0.39, 0.29) is 5.97 Å². The summed E-state index contributed by atoms with van der Waals surface area (Å²) < 4.78 is 5.28. The summed E-state index contributed by atoms with van der Waals surface area (Å²) in [6, 6.07) is 0.460. The number of hydrogen-bond acceptors (Lipinski definition) is 6. The Bertz CT molecular complexity index is 554. The predicted octanol–water partition coefficient (Wildman–Crippen LogP) is 3.15. The van der Waals surface area contributed by atoms with Gasteiger partial charge in [-0.2, -0.15) is 0 Å². The summed E-state index contributed by atoms with van der Waals surface area (Å²) in [5, 5.41) is 4.29. The lowest BCUT2D eigenvalue weighted by atomic mass is 9.97. The molecule has 0 radical (unpaired) electrons. The maximum Gasteiger partial charge on any atom is 0.316 e. The fourth-order valence-electron chi connectivity index (χ4n) is 3.17.